The number of benzene rings is 7. The zero-order valence-electron chi connectivity index (χ0n) is 32.7. The molecule has 280 valence electrons. The number of anilines is 3. The lowest BCUT2D eigenvalue weighted by molar-refractivity contribution is 0.632. The first-order valence-corrected chi connectivity index (χ1v) is 20.0. The highest BCUT2D eigenvalue weighted by molar-refractivity contribution is 6.14. The fourth-order valence-corrected chi connectivity index (χ4v) is 8.81. The van der Waals surface area contributed by atoms with Crippen LogP contribution in [-0.2, 0) is 5.41 Å². The molecule has 0 saturated heterocycles. The topological polar surface area (TPSA) is 59.7 Å². The van der Waals surface area contributed by atoms with Gasteiger partial charge in [0.1, 0.15) is 0 Å². The van der Waals surface area contributed by atoms with Crippen LogP contribution in [0.25, 0.3) is 72.9 Å². The minimum Gasteiger partial charge on any atom is -0.308 e. The maximum atomic E-state index is 5.41. The van der Waals surface area contributed by atoms with Crippen LogP contribution in [-0.4, -0.2) is 24.5 Å². The van der Waals surface area contributed by atoms with Crippen molar-refractivity contribution in [3.05, 3.63) is 205 Å². The van der Waals surface area contributed by atoms with Gasteiger partial charge < -0.3 is 4.90 Å². The third-order valence-corrected chi connectivity index (χ3v) is 11.7. The smallest absolute Gasteiger partial charge is 0.238 e. The molecule has 4 heterocycles. The highest BCUT2D eigenvalue weighted by atomic mass is 15.2. The summed E-state index contributed by atoms with van der Waals surface area (Å²) in [5.74, 6) is 1.69. The number of nitrogens with zero attached hydrogens (tertiary/aromatic N) is 6. The molecule has 11 rings (SSSR count). The fourth-order valence-electron chi connectivity index (χ4n) is 8.81. The van der Waals surface area contributed by atoms with E-state index in [0.29, 0.717) is 17.6 Å². The maximum Gasteiger partial charge on any atom is 0.238 e. The van der Waals surface area contributed by atoms with Crippen molar-refractivity contribution >= 4 is 39.0 Å². The summed E-state index contributed by atoms with van der Waals surface area (Å²) in [4.78, 5) is 23.5. The van der Waals surface area contributed by atoms with Crippen LogP contribution in [0.15, 0.2) is 194 Å². The fraction of sp³-hybridized carbons (Fsp3) is 0.0566. The number of fused-ring (bicyclic) bond motifs is 6. The molecule has 0 atom stereocenters. The van der Waals surface area contributed by atoms with E-state index < -0.39 is 0 Å². The van der Waals surface area contributed by atoms with Gasteiger partial charge in [0, 0.05) is 33.8 Å². The van der Waals surface area contributed by atoms with Crippen molar-refractivity contribution < 1.29 is 0 Å². The van der Waals surface area contributed by atoms with E-state index in [1.807, 2.05) is 24.4 Å². The molecule has 0 aliphatic carbocycles. The SMILES string of the molecule is CC1(C)c2ccccc2N(c2ccccc2)c2c1ccc1c3ncccc3n(-c3nc(-c4cccc(-c5ccccc5)c4)nc(-c4cccc(-c5ccccc5)c4)n3)c21. The molecular weight excluding hydrogens is 721 g/mol. The van der Waals surface area contributed by atoms with Crippen LogP contribution >= 0.6 is 0 Å². The van der Waals surface area contributed by atoms with E-state index in [0.717, 1.165) is 72.4 Å². The Morgan fingerprint density at radius 2 is 1.02 bits per heavy atom. The van der Waals surface area contributed by atoms with Crippen LogP contribution in [0.1, 0.15) is 25.0 Å². The summed E-state index contributed by atoms with van der Waals surface area (Å²) in [5, 5.41) is 1.02. The quantitative estimate of drug-likeness (QED) is 0.169. The molecular formula is C53H38N6. The average molecular weight is 759 g/mol. The molecule has 6 heteroatoms. The normalized spacial score (nSPS) is 13.0. The Hall–Kier alpha value is -7.70. The van der Waals surface area contributed by atoms with E-state index in [-0.39, 0.29) is 5.41 Å². The Balaban J connectivity index is 1.23. The van der Waals surface area contributed by atoms with Gasteiger partial charge in [-0.1, -0.05) is 159 Å². The monoisotopic (exact) mass is 758 g/mol. The summed E-state index contributed by atoms with van der Waals surface area (Å²) in [7, 11) is 0. The number of hydrogen-bond acceptors (Lipinski definition) is 5. The van der Waals surface area contributed by atoms with Crippen LogP contribution in [0.2, 0.25) is 0 Å². The first-order chi connectivity index (χ1) is 29.0. The molecule has 0 bridgehead atoms. The molecule has 0 amide bonds. The van der Waals surface area contributed by atoms with Crippen molar-refractivity contribution in [3.63, 3.8) is 0 Å². The number of rotatable bonds is 6. The second-order valence-corrected chi connectivity index (χ2v) is 15.6. The zero-order valence-corrected chi connectivity index (χ0v) is 32.7. The molecule has 0 spiro atoms. The van der Waals surface area contributed by atoms with Crippen LogP contribution < -0.4 is 4.90 Å². The largest absolute Gasteiger partial charge is 0.308 e. The third-order valence-electron chi connectivity index (χ3n) is 11.7. The average Bonchev–Trinajstić information content (AvgIpc) is 3.65. The number of para-hydroxylation sites is 2. The van der Waals surface area contributed by atoms with E-state index >= 15 is 0 Å². The van der Waals surface area contributed by atoms with Crippen molar-refractivity contribution in [2.75, 3.05) is 4.90 Å². The summed E-state index contributed by atoms with van der Waals surface area (Å²) in [5.41, 5.74) is 14.5. The van der Waals surface area contributed by atoms with Gasteiger partial charge in [0.15, 0.2) is 11.6 Å². The van der Waals surface area contributed by atoms with Crippen molar-refractivity contribution in [1.82, 2.24) is 24.5 Å². The number of aromatic nitrogens is 5. The molecule has 1 aliphatic heterocycles. The first-order valence-electron chi connectivity index (χ1n) is 20.0. The van der Waals surface area contributed by atoms with Gasteiger partial charge in [-0.2, -0.15) is 9.97 Å². The molecule has 1 aliphatic rings. The van der Waals surface area contributed by atoms with Gasteiger partial charge in [-0.25, -0.2) is 4.98 Å². The lowest BCUT2D eigenvalue weighted by Crippen LogP contribution is -2.31. The highest BCUT2D eigenvalue weighted by Crippen LogP contribution is 2.55. The van der Waals surface area contributed by atoms with Crippen molar-refractivity contribution in [3.8, 4) is 51.0 Å². The van der Waals surface area contributed by atoms with Gasteiger partial charge in [-0.05, 0) is 75.8 Å². The Bertz CT molecular complexity index is 3090. The molecule has 6 nitrogen and oxygen atoms in total. The lowest BCUT2D eigenvalue weighted by atomic mass is 9.73. The van der Waals surface area contributed by atoms with Gasteiger partial charge in [0.25, 0.3) is 0 Å². The maximum absolute atomic E-state index is 5.41. The van der Waals surface area contributed by atoms with Crippen LogP contribution in [0.3, 0.4) is 0 Å². The standard InChI is InChI=1S/C53H38N6/c1-53(2)43-27-12-13-28-45(43)58(41-25-10-5-11-26-41)49-44(53)31-30-42-47-46(29-16-32-54-47)59(48(42)49)52-56-50(39-23-14-21-37(33-39)35-17-6-3-7-18-35)55-51(57-52)40-24-15-22-38(34-40)36-19-8-4-9-20-36/h3-34H,1-2H3. The minimum atomic E-state index is -0.314. The molecule has 0 saturated carbocycles. The summed E-state index contributed by atoms with van der Waals surface area (Å²) in [6.07, 6.45) is 1.87. The van der Waals surface area contributed by atoms with Gasteiger partial charge in [-0.3, -0.25) is 9.55 Å². The summed E-state index contributed by atoms with van der Waals surface area (Å²) in [6.45, 7) is 4.64. The molecule has 7 aromatic carbocycles. The Morgan fingerprint density at radius 1 is 0.458 bits per heavy atom. The van der Waals surface area contributed by atoms with Crippen molar-refractivity contribution in [2.45, 2.75) is 19.3 Å². The molecule has 0 radical (unpaired) electrons. The summed E-state index contributed by atoms with van der Waals surface area (Å²) in [6, 6.07) is 65.8. The van der Waals surface area contributed by atoms with Crippen LogP contribution in [0.4, 0.5) is 17.1 Å². The number of pyridine rings is 1. The van der Waals surface area contributed by atoms with Crippen molar-refractivity contribution in [2.24, 2.45) is 0 Å². The lowest BCUT2D eigenvalue weighted by Gasteiger charge is -2.42. The molecule has 0 unspecified atom stereocenters. The second kappa shape index (κ2) is 13.7. The highest BCUT2D eigenvalue weighted by Gasteiger charge is 2.39. The molecule has 59 heavy (non-hydrogen) atoms. The van der Waals surface area contributed by atoms with E-state index in [1.165, 1.54) is 11.1 Å². The van der Waals surface area contributed by atoms with E-state index in [4.69, 9.17) is 19.9 Å². The molecule has 10 aromatic rings. The minimum absolute atomic E-state index is 0.314. The van der Waals surface area contributed by atoms with Crippen LogP contribution in [0.5, 0.6) is 0 Å². The van der Waals surface area contributed by atoms with Gasteiger partial charge in [0.05, 0.1) is 27.9 Å². The molecule has 0 N–H and O–H groups in total. The van der Waals surface area contributed by atoms with E-state index in [2.05, 4.69) is 193 Å². The van der Waals surface area contributed by atoms with Gasteiger partial charge >= 0.3 is 0 Å². The second-order valence-electron chi connectivity index (χ2n) is 15.6. The first kappa shape index (κ1) is 34.5. The van der Waals surface area contributed by atoms with Crippen LogP contribution in [0, 0.1) is 0 Å². The predicted octanol–water partition coefficient (Wildman–Crippen LogP) is 13.1. The Kier molecular flexibility index (Phi) is 8.05. The van der Waals surface area contributed by atoms with Gasteiger partial charge in [0.2, 0.25) is 5.95 Å². The predicted molar refractivity (Wildman–Crippen MR) is 241 cm³/mol. The molecule has 0 fully saturated rings. The van der Waals surface area contributed by atoms with E-state index in [9.17, 15) is 0 Å². The summed E-state index contributed by atoms with van der Waals surface area (Å²) >= 11 is 0. The van der Waals surface area contributed by atoms with Gasteiger partial charge in [-0.15, -0.1) is 0 Å². The Morgan fingerprint density at radius 3 is 1.66 bits per heavy atom. The summed E-state index contributed by atoms with van der Waals surface area (Å²) < 4.78 is 2.22. The van der Waals surface area contributed by atoms with E-state index in [1.54, 1.807) is 0 Å². The molecule has 3 aromatic heterocycles. The number of hydrogen-bond donors (Lipinski definition) is 0. The zero-order chi connectivity index (χ0) is 39.5. The van der Waals surface area contributed by atoms with Crippen molar-refractivity contribution in [1.29, 1.82) is 0 Å². The Labute approximate surface area is 342 Å². The third kappa shape index (κ3) is 5.71.